The van der Waals surface area contributed by atoms with Gasteiger partial charge in [-0.2, -0.15) is 0 Å². The molecular formula is C31H21. The first-order chi connectivity index (χ1) is 15.4. The molecule has 3 aliphatic rings. The Labute approximate surface area is 183 Å². The highest BCUT2D eigenvalue weighted by Gasteiger charge is 2.32. The smallest absolute Gasteiger partial charge is 0.0285 e. The van der Waals surface area contributed by atoms with E-state index in [0.717, 1.165) is 0 Å². The Morgan fingerprint density at radius 1 is 0.452 bits per heavy atom. The topological polar surface area (TPSA) is 0 Å². The summed E-state index contributed by atoms with van der Waals surface area (Å²) in [5.41, 5.74) is 13.8. The van der Waals surface area contributed by atoms with Crippen molar-refractivity contribution in [3.63, 3.8) is 0 Å². The molecule has 31 heavy (non-hydrogen) atoms. The van der Waals surface area contributed by atoms with Gasteiger partial charge in [-0.25, -0.2) is 0 Å². The van der Waals surface area contributed by atoms with Gasteiger partial charge in [0.1, 0.15) is 0 Å². The average molecular weight is 394 g/mol. The predicted molar refractivity (Wildman–Crippen MR) is 129 cm³/mol. The molecule has 0 aliphatic heterocycles. The van der Waals surface area contributed by atoms with Crippen molar-refractivity contribution in [3.05, 3.63) is 148 Å². The van der Waals surface area contributed by atoms with E-state index in [-0.39, 0.29) is 5.92 Å². The van der Waals surface area contributed by atoms with E-state index >= 15 is 0 Å². The van der Waals surface area contributed by atoms with Gasteiger partial charge in [-0.05, 0) is 55.6 Å². The van der Waals surface area contributed by atoms with Crippen molar-refractivity contribution in [3.8, 4) is 11.1 Å². The third-order valence-electron chi connectivity index (χ3n) is 7.12. The largest absolute Gasteiger partial charge is 0.0720 e. The van der Waals surface area contributed by atoms with Gasteiger partial charge >= 0.3 is 0 Å². The van der Waals surface area contributed by atoms with Crippen LogP contribution in [-0.4, -0.2) is 0 Å². The van der Waals surface area contributed by atoms with E-state index in [9.17, 15) is 0 Å². The Morgan fingerprint density at radius 3 is 1.84 bits per heavy atom. The molecule has 2 unspecified atom stereocenters. The molecule has 0 saturated carbocycles. The third-order valence-corrected chi connectivity index (χ3v) is 7.12. The van der Waals surface area contributed by atoms with E-state index in [4.69, 9.17) is 0 Å². The first kappa shape index (κ1) is 17.1. The highest BCUT2D eigenvalue weighted by molar-refractivity contribution is 5.85. The van der Waals surface area contributed by atoms with E-state index in [1.165, 1.54) is 55.6 Å². The van der Waals surface area contributed by atoms with Crippen LogP contribution in [0.15, 0.2) is 97.1 Å². The van der Waals surface area contributed by atoms with Crippen LogP contribution < -0.4 is 0 Å². The summed E-state index contributed by atoms with van der Waals surface area (Å²) in [5.74, 6) is 0.586. The van der Waals surface area contributed by atoms with Crippen molar-refractivity contribution >= 4 is 12.2 Å². The molecule has 4 aromatic rings. The summed E-state index contributed by atoms with van der Waals surface area (Å²) in [7, 11) is 0. The van der Waals surface area contributed by atoms with Crippen LogP contribution in [0.1, 0.15) is 56.3 Å². The lowest BCUT2D eigenvalue weighted by Gasteiger charge is -2.24. The number of fused-ring (bicyclic) bond motifs is 5. The zero-order valence-electron chi connectivity index (χ0n) is 17.1. The normalized spacial score (nSPS) is 19.2. The van der Waals surface area contributed by atoms with Gasteiger partial charge < -0.3 is 0 Å². The molecule has 2 atom stereocenters. The summed E-state index contributed by atoms with van der Waals surface area (Å²) in [5, 5.41) is 0. The van der Waals surface area contributed by atoms with Crippen LogP contribution in [0.2, 0.25) is 0 Å². The van der Waals surface area contributed by atoms with Gasteiger partial charge in [0, 0.05) is 18.3 Å². The molecule has 4 aromatic carbocycles. The highest BCUT2D eigenvalue weighted by Crippen LogP contribution is 2.50. The fraction of sp³-hybridized carbons (Fsp3) is 0.0645. The summed E-state index contributed by atoms with van der Waals surface area (Å²) < 4.78 is 0. The van der Waals surface area contributed by atoms with E-state index in [2.05, 4.69) is 116 Å². The van der Waals surface area contributed by atoms with Crippen molar-refractivity contribution in [2.24, 2.45) is 0 Å². The van der Waals surface area contributed by atoms with Gasteiger partial charge in [-0.3, -0.25) is 0 Å². The molecule has 3 aliphatic carbocycles. The summed E-state index contributed by atoms with van der Waals surface area (Å²) in [6.45, 7) is 0. The second-order valence-electron chi connectivity index (χ2n) is 8.69. The number of benzene rings is 4. The molecule has 0 fully saturated rings. The van der Waals surface area contributed by atoms with E-state index < -0.39 is 0 Å². The van der Waals surface area contributed by atoms with Crippen molar-refractivity contribution in [1.82, 2.24) is 0 Å². The molecule has 1 radical (unpaired) electrons. The Morgan fingerprint density at radius 2 is 1.06 bits per heavy atom. The maximum Gasteiger partial charge on any atom is 0.0285 e. The molecule has 145 valence electrons. The fourth-order valence-electron chi connectivity index (χ4n) is 5.71. The maximum atomic E-state index is 2.41. The molecule has 0 bridgehead atoms. The minimum absolute atomic E-state index is 0.285. The summed E-state index contributed by atoms with van der Waals surface area (Å²) in [4.78, 5) is 0. The molecule has 0 spiro atoms. The second-order valence-corrected chi connectivity index (χ2v) is 8.69. The van der Waals surface area contributed by atoms with E-state index in [1.807, 2.05) is 0 Å². The van der Waals surface area contributed by atoms with E-state index in [1.54, 1.807) is 0 Å². The highest BCUT2D eigenvalue weighted by atomic mass is 14.4. The summed E-state index contributed by atoms with van der Waals surface area (Å²) in [6.07, 6.45) is 11.8. The number of rotatable bonds is 2. The number of hydrogen-bond acceptors (Lipinski definition) is 0. The zero-order chi connectivity index (χ0) is 20.4. The van der Waals surface area contributed by atoms with Gasteiger partial charge in [-0.15, -0.1) is 0 Å². The second kappa shape index (κ2) is 6.43. The molecule has 0 heterocycles. The molecule has 0 amide bonds. The lowest BCUT2D eigenvalue weighted by molar-refractivity contribution is 0.949. The first-order valence-corrected chi connectivity index (χ1v) is 11.0. The lowest BCUT2D eigenvalue weighted by Crippen LogP contribution is -2.08. The lowest BCUT2D eigenvalue weighted by atomic mass is 9.79. The van der Waals surface area contributed by atoms with Gasteiger partial charge in [-0.1, -0.05) is 109 Å². The fourth-order valence-corrected chi connectivity index (χ4v) is 5.71. The molecule has 0 heteroatoms. The van der Waals surface area contributed by atoms with Gasteiger partial charge in [0.15, 0.2) is 0 Å². The van der Waals surface area contributed by atoms with Gasteiger partial charge in [0.2, 0.25) is 0 Å². The van der Waals surface area contributed by atoms with Crippen molar-refractivity contribution < 1.29 is 0 Å². The maximum absolute atomic E-state index is 2.41. The Balaban J connectivity index is 1.49. The first-order valence-electron chi connectivity index (χ1n) is 11.0. The van der Waals surface area contributed by atoms with Crippen LogP contribution >= 0.6 is 0 Å². The molecule has 7 rings (SSSR count). The van der Waals surface area contributed by atoms with Crippen LogP contribution in [-0.2, 0) is 0 Å². The van der Waals surface area contributed by atoms with Crippen LogP contribution in [0.3, 0.4) is 0 Å². The van der Waals surface area contributed by atoms with E-state index in [0.29, 0.717) is 5.92 Å². The average Bonchev–Trinajstić information content (AvgIpc) is 3.53. The Kier molecular flexibility index (Phi) is 3.54. The minimum Gasteiger partial charge on any atom is -0.0720 e. The van der Waals surface area contributed by atoms with Crippen LogP contribution in [0.5, 0.6) is 0 Å². The summed E-state index contributed by atoms with van der Waals surface area (Å²) >= 11 is 0. The number of allylic oxidation sites excluding steroid dienone is 2. The third kappa shape index (κ3) is 2.42. The van der Waals surface area contributed by atoms with Gasteiger partial charge in [0.05, 0.1) is 0 Å². The number of hydrogen-bond donors (Lipinski definition) is 0. The zero-order valence-corrected chi connectivity index (χ0v) is 17.1. The van der Waals surface area contributed by atoms with Crippen LogP contribution in [0.25, 0.3) is 23.3 Å². The predicted octanol–water partition coefficient (Wildman–Crippen LogP) is 7.59. The van der Waals surface area contributed by atoms with Crippen molar-refractivity contribution in [1.29, 1.82) is 0 Å². The quantitative estimate of drug-likeness (QED) is 0.290. The monoisotopic (exact) mass is 393 g/mol. The Hall–Kier alpha value is -3.64. The standard InChI is InChI=1S/C31H21/c1-4-10-23-20(7-1)13-15-26(23)29-18-17-27-25-12-6-3-9-22(25)19-30(27)31(29)28-16-14-21-8-2-5-11-24(21)28/h1-19,26,28H. The molecule has 0 nitrogen and oxygen atoms in total. The Bertz CT molecular complexity index is 1420. The van der Waals surface area contributed by atoms with Crippen molar-refractivity contribution in [2.45, 2.75) is 11.8 Å². The van der Waals surface area contributed by atoms with Crippen LogP contribution in [0.4, 0.5) is 0 Å². The summed E-state index contributed by atoms with van der Waals surface area (Å²) in [6, 6.07) is 31.2. The molecular weight excluding hydrogens is 372 g/mol. The van der Waals surface area contributed by atoms with Gasteiger partial charge in [0.25, 0.3) is 0 Å². The van der Waals surface area contributed by atoms with Crippen molar-refractivity contribution in [2.75, 3.05) is 0 Å². The molecule has 0 N–H and O–H groups in total. The van der Waals surface area contributed by atoms with Crippen LogP contribution in [0, 0.1) is 6.42 Å². The molecule has 0 saturated heterocycles. The minimum atomic E-state index is 0.285. The molecule has 0 aromatic heterocycles. The SMILES string of the molecule is [CH]1c2ccccc2-c2ccc(C3C=Cc4ccccc43)c(C3C=Cc4ccccc43)c21.